The van der Waals surface area contributed by atoms with Gasteiger partial charge in [-0.1, -0.05) is 0 Å². The van der Waals surface area contributed by atoms with Crippen LogP contribution in [0.2, 0.25) is 0 Å². The molecule has 0 bridgehead atoms. The molecular weight excluding hydrogens is 276 g/mol. The van der Waals surface area contributed by atoms with Crippen LogP contribution in [0.5, 0.6) is 0 Å². The summed E-state index contributed by atoms with van der Waals surface area (Å²) in [5.41, 5.74) is -2.82. The molecule has 1 aromatic rings. The molecule has 1 aromatic heterocycles. The Kier molecular flexibility index (Phi) is 5.02. The summed E-state index contributed by atoms with van der Waals surface area (Å²) in [5, 5.41) is 19.8. The van der Waals surface area contributed by atoms with Crippen molar-refractivity contribution >= 4 is 11.7 Å². The lowest BCUT2D eigenvalue weighted by molar-refractivity contribution is -0.387. The smallest absolute Gasteiger partial charge is 0.310 e. The number of halogens is 2. The van der Waals surface area contributed by atoms with Crippen molar-refractivity contribution in [2.45, 2.75) is 19.8 Å². The Bertz CT molecular complexity index is 584. The minimum atomic E-state index is -3.14. The number of carbonyl (C=O) groups is 1. The first-order valence-corrected chi connectivity index (χ1v) is 5.42. The zero-order chi connectivity index (χ0) is 15.3. The molecule has 20 heavy (non-hydrogen) atoms. The van der Waals surface area contributed by atoms with E-state index in [1.165, 1.54) is 13.0 Å². The van der Waals surface area contributed by atoms with Gasteiger partial charge in [0.25, 0.3) is 12.1 Å². The third-order valence-corrected chi connectivity index (χ3v) is 2.33. The third kappa shape index (κ3) is 3.23. The highest BCUT2D eigenvalue weighted by Gasteiger charge is 2.30. The third-order valence-electron chi connectivity index (χ3n) is 2.33. The van der Waals surface area contributed by atoms with Crippen LogP contribution in [-0.4, -0.2) is 22.5 Å². The van der Waals surface area contributed by atoms with Gasteiger partial charge in [0.05, 0.1) is 23.5 Å². The fourth-order valence-electron chi connectivity index (χ4n) is 1.55. The maximum Gasteiger partial charge on any atom is 0.310 e. The quantitative estimate of drug-likeness (QED) is 0.464. The Labute approximate surface area is 111 Å². The minimum absolute atomic E-state index is 0.0243. The van der Waals surface area contributed by atoms with Gasteiger partial charge in [-0.15, -0.1) is 0 Å². The average molecular weight is 285 g/mol. The van der Waals surface area contributed by atoms with Crippen molar-refractivity contribution < 1.29 is 23.2 Å². The molecule has 0 radical (unpaired) electrons. The van der Waals surface area contributed by atoms with E-state index in [-0.39, 0.29) is 6.61 Å². The van der Waals surface area contributed by atoms with E-state index in [9.17, 15) is 23.7 Å². The number of carbonyl (C=O) groups excluding carboxylic acids is 1. The van der Waals surface area contributed by atoms with Crippen molar-refractivity contribution in [1.82, 2.24) is 4.98 Å². The molecule has 1 heterocycles. The van der Waals surface area contributed by atoms with Gasteiger partial charge in [-0.2, -0.15) is 5.26 Å². The van der Waals surface area contributed by atoms with Crippen molar-refractivity contribution in [2.75, 3.05) is 6.61 Å². The van der Waals surface area contributed by atoms with Crippen LogP contribution >= 0.6 is 0 Å². The van der Waals surface area contributed by atoms with Gasteiger partial charge in [0.2, 0.25) is 0 Å². The van der Waals surface area contributed by atoms with E-state index in [1.807, 2.05) is 0 Å². The van der Waals surface area contributed by atoms with Crippen molar-refractivity contribution in [2.24, 2.45) is 0 Å². The summed E-state index contributed by atoms with van der Waals surface area (Å²) < 4.78 is 30.1. The van der Waals surface area contributed by atoms with Gasteiger partial charge in [0.1, 0.15) is 11.6 Å². The monoisotopic (exact) mass is 285 g/mol. The average Bonchev–Trinajstić information content (AvgIpc) is 2.37. The normalized spacial score (nSPS) is 10.2. The summed E-state index contributed by atoms with van der Waals surface area (Å²) in [6.45, 7) is 1.54. The van der Waals surface area contributed by atoms with Crippen LogP contribution in [0.4, 0.5) is 14.5 Å². The highest BCUT2D eigenvalue weighted by molar-refractivity contribution is 5.75. The SMILES string of the molecule is CCOC(=O)Cc1c(C#N)ncc(C(F)F)c1[N+](=O)[O-]. The molecule has 0 spiro atoms. The predicted octanol–water partition coefficient (Wildman–Crippen LogP) is 1.90. The molecule has 0 aliphatic rings. The van der Waals surface area contributed by atoms with E-state index in [0.717, 1.165) is 0 Å². The molecule has 0 saturated heterocycles. The van der Waals surface area contributed by atoms with Crippen LogP contribution in [0.3, 0.4) is 0 Å². The van der Waals surface area contributed by atoms with E-state index >= 15 is 0 Å². The number of nitriles is 1. The Hall–Kier alpha value is -2.63. The van der Waals surface area contributed by atoms with E-state index < -0.39 is 46.2 Å². The summed E-state index contributed by atoms with van der Waals surface area (Å²) in [4.78, 5) is 24.7. The molecule has 7 nitrogen and oxygen atoms in total. The lowest BCUT2D eigenvalue weighted by atomic mass is 10.0. The molecule has 0 aliphatic carbocycles. The number of hydrogen-bond acceptors (Lipinski definition) is 6. The number of nitrogens with zero attached hydrogens (tertiary/aromatic N) is 3. The molecule has 106 valence electrons. The van der Waals surface area contributed by atoms with Crippen molar-refractivity contribution in [3.05, 3.63) is 33.1 Å². The summed E-state index contributed by atoms with van der Waals surface area (Å²) in [7, 11) is 0. The number of alkyl halides is 2. The van der Waals surface area contributed by atoms with E-state index in [4.69, 9.17) is 5.26 Å². The van der Waals surface area contributed by atoms with E-state index in [0.29, 0.717) is 6.20 Å². The highest BCUT2D eigenvalue weighted by Crippen LogP contribution is 2.33. The van der Waals surface area contributed by atoms with Crippen molar-refractivity contribution in [3.63, 3.8) is 0 Å². The van der Waals surface area contributed by atoms with Gasteiger partial charge in [-0.05, 0) is 6.92 Å². The molecule has 0 N–H and O–H groups in total. The van der Waals surface area contributed by atoms with Gasteiger partial charge in [-0.3, -0.25) is 14.9 Å². The van der Waals surface area contributed by atoms with Crippen molar-refractivity contribution in [3.8, 4) is 6.07 Å². The number of pyridine rings is 1. The second kappa shape index (κ2) is 6.51. The number of ether oxygens (including phenoxy) is 1. The zero-order valence-corrected chi connectivity index (χ0v) is 10.3. The number of aromatic nitrogens is 1. The maximum atomic E-state index is 12.7. The Morgan fingerprint density at radius 2 is 2.30 bits per heavy atom. The van der Waals surface area contributed by atoms with Gasteiger partial charge in [-0.25, -0.2) is 13.8 Å². The van der Waals surface area contributed by atoms with Crippen LogP contribution in [0, 0.1) is 21.4 Å². The summed E-state index contributed by atoms with van der Waals surface area (Å²) >= 11 is 0. The first-order chi connectivity index (χ1) is 9.42. The molecule has 0 atom stereocenters. The number of hydrogen-bond donors (Lipinski definition) is 0. The largest absolute Gasteiger partial charge is 0.466 e. The van der Waals surface area contributed by atoms with Crippen LogP contribution < -0.4 is 0 Å². The standard InChI is InChI=1S/C11H9F2N3O4/c1-2-20-9(17)3-6-8(4-14)15-5-7(11(12)13)10(6)16(18)19/h5,11H,2-3H2,1H3. The van der Waals surface area contributed by atoms with Gasteiger partial charge in [0.15, 0.2) is 5.69 Å². The Balaban J connectivity index is 3.44. The fourth-order valence-corrected chi connectivity index (χ4v) is 1.55. The molecule has 0 aliphatic heterocycles. The lowest BCUT2D eigenvalue weighted by Crippen LogP contribution is -2.13. The molecule has 0 aromatic carbocycles. The molecule has 1 rings (SSSR count). The van der Waals surface area contributed by atoms with Crippen LogP contribution in [0.25, 0.3) is 0 Å². The van der Waals surface area contributed by atoms with Crippen LogP contribution in [0.15, 0.2) is 6.20 Å². The van der Waals surface area contributed by atoms with Crippen LogP contribution in [0.1, 0.15) is 30.2 Å². The first kappa shape index (κ1) is 15.4. The molecule has 0 fully saturated rings. The topological polar surface area (TPSA) is 106 Å². The second-order valence-corrected chi connectivity index (χ2v) is 3.54. The molecular formula is C11H9F2N3O4. The molecule has 0 amide bonds. The second-order valence-electron chi connectivity index (χ2n) is 3.54. The predicted molar refractivity (Wildman–Crippen MR) is 60.9 cm³/mol. The van der Waals surface area contributed by atoms with E-state index in [1.54, 1.807) is 0 Å². The summed E-state index contributed by atoms with van der Waals surface area (Å²) in [6.07, 6.45) is -3.24. The summed E-state index contributed by atoms with van der Waals surface area (Å²) in [5.74, 6) is -0.861. The molecule has 9 heteroatoms. The fraction of sp³-hybridized carbons (Fsp3) is 0.364. The van der Waals surface area contributed by atoms with E-state index in [2.05, 4.69) is 9.72 Å². The zero-order valence-electron chi connectivity index (χ0n) is 10.3. The molecule has 0 saturated carbocycles. The highest BCUT2D eigenvalue weighted by atomic mass is 19.3. The van der Waals surface area contributed by atoms with Gasteiger partial charge >= 0.3 is 5.97 Å². The number of rotatable bonds is 5. The maximum absolute atomic E-state index is 12.7. The number of nitro groups is 1. The minimum Gasteiger partial charge on any atom is -0.466 e. The number of esters is 1. The molecule has 0 unspecified atom stereocenters. The van der Waals surface area contributed by atoms with Gasteiger partial charge in [0, 0.05) is 6.20 Å². The Morgan fingerprint density at radius 1 is 1.65 bits per heavy atom. The van der Waals surface area contributed by atoms with Crippen molar-refractivity contribution in [1.29, 1.82) is 5.26 Å². The Morgan fingerprint density at radius 3 is 2.75 bits per heavy atom. The van der Waals surface area contributed by atoms with Crippen LogP contribution in [-0.2, 0) is 16.0 Å². The lowest BCUT2D eigenvalue weighted by Gasteiger charge is -2.08. The summed E-state index contributed by atoms with van der Waals surface area (Å²) in [6, 6.07) is 1.54. The van der Waals surface area contributed by atoms with Gasteiger partial charge < -0.3 is 4.74 Å². The first-order valence-electron chi connectivity index (χ1n) is 5.42.